The van der Waals surface area contributed by atoms with Crippen LogP contribution in [0, 0.1) is 5.92 Å². The number of nitrogens with one attached hydrogen (secondary N) is 1. The highest BCUT2D eigenvalue weighted by Crippen LogP contribution is 2.14. The monoisotopic (exact) mass is 230 g/mol. The Kier molecular flexibility index (Phi) is 3.88. The molecule has 0 aromatic rings. The number of hydrogen-bond acceptors (Lipinski definition) is 4. The van der Waals surface area contributed by atoms with Crippen LogP contribution >= 0.6 is 0 Å². The number of carbonyl (C=O) groups is 2. The summed E-state index contributed by atoms with van der Waals surface area (Å²) in [7, 11) is 1.93. The zero-order chi connectivity index (χ0) is 12.3. The Hall–Kier alpha value is -1.14. The van der Waals surface area contributed by atoms with Crippen LogP contribution in [0.3, 0.4) is 0 Å². The van der Waals surface area contributed by atoms with Crippen molar-refractivity contribution in [3.8, 4) is 0 Å². The molecule has 16 heavy (non-hydrogen) atoms. The van der Waals surface area contributed by atoms with Crippen molar-refractivity contribution in [3.05, 3.63) is 0 Å². The summed E-state index contributed by atoms with van der Waals surface area (Å²) in [5.41, 5.74) is -1.90. The van der Waals surface area contributed by atoms with Crippen LogP contribution in [0.2, 0.25) is 0 Å². The van der Waals surface area contributed by atoms with Crippen molar-refractivity contribution in [3.63, 3.8) is 0 Å². The number of hydrogen-bond donors (Lipinski definition) is 3. The third-order valence-corrected chi connectivity index (χ3v) is 2.83. The third-order valence-electron chi connectivity index (χ3n) is 2.83. The summed E-state index contributed by atoms with van der Waals surface area (Å²) >= 11 is 0. The molecule has 1 saturated heterocycles. The molecule has 92 valence electrons. The average Bonchev–Trinajstić information content (AvgIpc) is 2.61. The van der Waals surface area contributed by atoms with E-state index in [1.54, 1.807) is 0 Å². The van der Waals surface area contributed by atoms with Gasteiger partial charge in [0, 0.05) is 6.54 Å². The SMILES string of the molecule is CN1CCC(C(=O)NCC(C)(O)C(=O)O)C1. The molecule has 0 aromatic carbocycles. The van der Waals surface area contributed by atoms with Gasteiger partial charge >= 0.3 is 5.97 Å². The van der Waals surface area contributed by atoms with Gasteiger partial charge in [-0.2, -0.15) is 0 Å². The summed E-state index contributed by atoms with van der Waals surface area (Å²) in [6.07, 6.45) is 0.775. The van der Waals surface area contributed by atoms with Crippen LogP contribution in [0.1, 0.15) is 13.3 Å². The number of carbonyl (C=O) groups excluding carboxylic acids is 1. The standard InChI is InChI=1S/C10H18N2O4/c1-10(16,9(14)15)6-11-8(13)7-3-4-12(2)5-7/h7,16H,3-6H2,1-2H3,(H,11,13)(H,14,15). The van der Waals surface area contributed by atoms with E-state index in [1.807, 2.05) is 11.9 Å². The smallest absolute Gasteiger partial charge is 0.337 e. The van der Waals surface area contributed by atoms with Crippen LogP contribution < -0.4 is 5.32 Å². The quantitative estimate of drug-likeness (QED) is 0.570. The van der Waals surface area contributed by atoms with Gasteiger partial charge in [0.25, 0.3) is 0 Å². The molecule has 0 aliphatic carbocycles. The molecule has 6 heteroatoms. The fraction of sp³-hybridized carbons (Fsp3) is 0.800. The lowest BCUT2D eigenvalue weighted by molar-refractivity contribution is -0.156. The lowest BCUT2D eigenvalue weighted by atomic mass is 10.1. The first-order valence-electron chi connectivity index (χ1n) is 5.25. The molecule has 0 saturated carbocycles. The Balaban J connectivity index is 2.38. The van der Waals surface area contributed by atoms with E-state index in [4.69, 9.17) is 5.11 Å². The molecule has 1 heterocycles. The molecule has 0 aromatic heterocycles. The van der Waals surface area contributed by atoms with E-state index in [0.717, 1.165) is 19.9 Å². The van der Waals surface area contributed by atoms with Crippen molar-refractivity contribution >= 4 is 11.9 Å². The first-order chi connectivity index (χ1) is 7.33. The first kappa shape index (κ1) is 12.9. The van der Waals surface area contributed by atoms with Crippen molar-refractivity contribution in [2.75, 3.05) is 26.7 Å². The molecule has 2 unspecified atom stereocenters. The fourth-order valence-corrected chi connectivity index (χ4v) is 1.63. The summed E-state index contributed by atoms with van der Waals surface area (Å²) in [6.45, 7) is 2.45. The van der Waals surface area contributed by atoms with Crippen LogP contribution in [-0.2, 0) is 9.59 Å². The Morgan fingerprint density at radius 1 is 1.56 bits per heavy atom. The normalized spacial score (nSPS) is 25.1. The predicted octanol–water partition coefficient (Wildman–Crippen LogP) is -1.11. The van der Waals surface area contributed by atoms with E-state index in [9.17, 15) is 14.7 Å². The van der Waals surface area contributed by atoms with Crippen molar-refractivity contribution in [2.24, 2.45) is 5.92 Å². The lowest BCUT2D eigenvalue weighted by Gasteiger charge is -2.19. The van der Waals surface area contributed by atoms with Crippen LogP contribution in [-0.4, -0.2) is 59.3 Å². The molecule has 0 spiro atoms. The highest BCUT2D eigenvalue weighted by molar-refractivity contribution is 5.81. The predicted molar refractivity (Wildman–Crippen MR) is 56.9 cm³/mol. The second kappa shape index (κ2) is 4.80. The number of amides is 1. The van der Waals surface area contributed by atoms with Crippen molar-refractivity contribution in [1.29, 1.82) is 0 Å². The molecule has 1 amide bonds. The van der Waals surface area contributed by atoms with Crippen molar-refractivity contribution in [1.82, 2.24) is 10.2 Å². The summed E-state index contributed by atoms with van der Waals surface area (Å²) < 4.78 is 0. The summed E-state index contributed by atoms with van der Waals surface area (Å²) in [4.78, 5) is 24.3. The Morgan fingerprint density at radius 3 is 2.62 bits per heavy atom. The fourth-order valence-electron chi connectivity index (χ4n) is 1.63. The number of aliphatic hydroxyl groups is 1. The van der Waals surface area contributed by atoms with Gasteiger partial charge in [-0.15, -0.1) is 0 Å². The van der Waals surface area contributed by atoms with Gasteiger partial charge in [-0.25, -0.2) is 4.79 Å². The van der Waals surface area contributed by atoms with Gasteiger partial charge in [-0.3, -0.25) is 4.79 Å². The van der Waals surface area contributed by atoms with Gasteiger partial charge in [0.1, 0.15) is 0 Å². The zero-order valence-corrected chi connectivity index (χ0v) is 9.56. The number of aliphatic carboxylic acids is 1. The Morgan fingerprint density at radius 2 is 2.19 bits per heavy atom. The third kappa shape index (κ3) is 3.18. The summed E-state index contributed by atoms with van der Waals surface area (Å²) in [6, 6.07) is 0. The molecular weight excluding hydrogens is 212 g/mol. The second-order valence-electron chi connectivity index (χ2n) is 4.54. The van der Waals surface area contributed by atoms with Crippen molar-refractivity contribution in [2.45, 2.75) is 18.9 Å². The number of rotatable bonds is 4. The van der Waals surface area contributed by atoms with Gasteiger partial charge in [-0.1, -0.05) is 0 Å². The molecule has 1 fully saturated rings. The molecular formula is C10H18N2O4. The minimum absolute atomic E-state index is 0.102. The largest absolute Gasteiger partial charge is 0.479 e. The van der Waals surface area contributed by atoms with Gasteiger partial charge in [0.05, 0.1) is 12.5 Å². The Bertz CT molecular complexity index is 291. The highest BCUT2D eigenvalue weighted by atomic mass is 16.4. The molecule has 0 bridgehead atoms. The van der Waals surface area contributed by atoms with E-state index in [1.165, 1.54) is 0 Å². The highest BCUT2D eigenvalue weighted by Gasteiger charge is 2.32. The minimum Gasteiger partial charge on any atom is -0.479 e. The van der Waals surface area contributed by atoms with Crippen molar-refractivity contribution < 1.29 is 19.8 Å². The van der Waals surface area contributed by atoms with Crippen LogP contribution in [0.4, 0.5) is 0 Å². The molecule has 0 radical (unpaired) electrons. The molecule has 1 aliphatic heterocycles. The number of carboxylic acids is 1. The van der Waals surface area contributed by atoms with E-state index in [0.29, 0.717) is 6.54 Å². The van der Waals surface area contributed by atoms with Gasteiger partial charge in [0.15, 0.2) is 5.60 Å². The average molecular weight is 230 g/mol. The van der Waals surface area contributed by atoms with E-state index >= 15 is 0 Å². The van der Waals surface area contributed by atoms with E-state index in [2.05, 4.69) is 5.32 Å². The minimum atomic E-state index is -1.90. The maximum Gasteiger partial charge on any atom is 0.337 e. The molecule has 1 aliphatic rings. The summed E-state index contributed by atoms with van der Waals surface area (Å²) in [5.74, 6) is -1.63. The number of nitrogens with zero attached hydrogens (tertiary/aromatic N) is 1. The zero-order valence-electron chi connectivity index (χ0n) is 9.56. The van der Waals surface area contributed by atoms with Gasteiger partial charge in [0.2, 0.25) is 5.91 Å². The van der Waals surface area contributed by atoms with Crippen LogP contribution in [0.5, 0.6) is 0 Å². The number of likely N-dealkylation sites (tertiary alicyclic amines) is 1. The topological polar surface area (TPSA) is 89.9 Å². The van der Waals surface area contributed by atoms with Gasteiger partial charge < -0.3 is 20.4 Å². The maximum atomic E-state index is 11.6. The number of carboxylic acid groups (broad SMARTS) is 1. The maximum absolute atomic E-state index is 11.6. The summed E-state index contributed by atoms with van der Waals surface area (Å²) in [5, 5.41) is 20.5. The first-order valence-corrected chi connectivity index (χ1v) is 5.25. The molecule has 2 atom stereocenters. The molecule has 6 nitrogen and oxygen atoms in total. The molecule has 1 rings (SSSR count). The second-order valence-corrected chi connectivity index (χ2v) is 4.54. The van der Waals surface area contributed by atoms with Gasteiger partial charge in [-0.05, 0) is 26.9 Å². The van der Waals surface area contributed by atoms with Crippen LogP contribution in [0.25, 0.3) is 0 Å². The van der Waals surface area contributed by atoms with Crippen LogP contribution in [0.15, 0.2) is 0 Å². The molecule has 3 N–H and O–H groups in total. The lowest BCUT2D eigenvalue weighted by Crippen LogP contribution is -2.48. The van der Waals surface area contributed by atoms with E-state index < -0.39 is 11.6 Å². The van der Waals surface area contributed by atoms with E-state index in [-0.39, 0.29) is 18.4 Å². The Labute approximate surface area is 94.2 Å².